The Morgan fingerprint density at radius 2 is 2.50 bits per heavy atom. The summed E-state index contributed by atoms with van der Waals surface area (Å²) in [5.41, 5.74) is 0.793. The second-order valence-electron chi connectivity index (χ2n) is 2.20. The average Bonchev–Trinajstić information content (AvgIpc) is 2.34. The molecule has 1 unspecified atom stereocenters. The van der Waals surface area contributed by atoms with E-state index in [1.54, 1.807) is 18.3 Å². The van der Waals surface area contributed by atoms with E-state index in [0.717, 1.165) is 17.1 Å². The van der Waals surface area contributed by atoms with Gasteiger partial charge in [0.1, 0.15) is 0 Å². The van der Waals surface area contributed by atoms with Gasteiger partial charge < -0.3 is 5.11 Å². The molecule has 0 radical (unpaired) electrons. The minimum Gasteiger partial charge on any atom is -0.387 e. The third-order valence-electron chi connectivity index (χ3n) is 1.30. The van der Waals surface area contributed by atoms with E-state index >= 15 is 0 Å². The fourth-order valence-corrected chi connectivity index (χ4v) is 1.51. The summed E-state index contributed by atoms with van der Waals surface area (Å²) in [6.07, 6.45) is 0.536. The molecule has 1 aromatic rings. The zero-order valence-corrected chi connectivity index (χ0v) is 6.98. The molecule has 0 aliphatic heterocycles. The SMILES string of the molecule is CCc1nc(C(C)O)cs1. The number of thiazole rings is 1. The number of aryl methyl sites for hydroxylation is 1. The number of nitrogens with zero attached hydrogens (tertiary/aromatic N) is 1. The lowest BCUT2D eigenvalue weighted by Gasteiger charge is -1.95. The molecule has 2 nitrogen and oxygen atoms in total. The Balaban J connectivity index is 2.78. The summed E-state index contributed by atoms with van der Waals surface area (Å²) in [4.78, 5) is 4.20. The monoisotopic (exact) mass is 157 g/mol. The molecule has 56 valence electrons. The molecule has 0 aliphatic carbocycles. The molecule has 0 aliphatic rings. The van der Waals surface area contributed by atoms with E-state index < -0.39 is 6.10 Å². The average molecular weight is 157 g/mol. The van der Waals surface area contributed by atoms with Gasteiger partial charge in [-0.2, -0.15) is 0 Å². The number of aliphatic hydroxyl groups excluding tert-OH is 1. The van der Waals surface area contributed by atoms with E-state index in [2.05, 4.69) is 11.9 Å². The number of aliphatic hydroxyl groups is 1. The first kappa shape index (κ1) is 7.69. The van der Waals surface area contributed by atoms with E-state index in [-0.39, 0.29) is 0 Å². The quantitative estimate of drug-likeness (QED) is 0.709. The van der Waals surface area contributed by atoms with Crippen LogP contribution >= 0.6 is 11.3 Å². The second kappa shape index (κ2) is 3.12. The summed E-state index contributed by atoms with van der Waals surface area (Å²) >= 11 is 1.61. The standard InChI is InChI=1S/C7H11NOS/c1-3-7-8-6(4-10-7)5(2)9/h4-5,9H,3H2,1-2H3. The van der Waals surface area contributed by atoms with Crippen LogP contribution in [0.3, 0.4) is 0 Å². The number of hydrogen-bond acceptors (Lipinski definition) is 3. The lowest BCUT2D eigenvalue weighted by Crippen LogP contribution is -1.90. The lowest BCUT2D eigenvalue weighted by atomic mass is 10.3. The highest BCUT2D eigenvalue weighted by Crippen LogP contribution is 2.15. The maximum atomic E-state index is 9.08. The molecule has 3 heteroatoms. The summed E-state index contributed by atoms with van der Waals surface area (Å²) in [6.45, 7) is 3.79. The summed E-state index contributed by atoms with van der Waals surface area (Å²) in [6, 6.07) is 0. The van der Waals surface area contributed by atoms with Crippen LogP contribution in [0, 0.1) is 0 Å². The first-order chi connectivity index (χ1) is 4.74. The highest BCUT2D eigenvalue weighted by atomic mass is 32.1. The summed E-state index contributed by atoms with van der Waals surface area (Å²) < 4.78 is 0. The van der Waals surface area contributed by atoms with Crippen LogP contribution in [0.15, 0.2) is 5.38 Å². The fourth-order valence-electron chi connectivity index (χ4n) is 0.679. The van der Waals surface area contributed by atoms with Crippen LogP contribution in [0.25, 0.3) is 0 Å². The van der Waals surface area contributed by atoms with Crippen molar-refractivity contribution in [1.82, 2.24) is 4.98 Å². The van der Waals surface area contributed by atoms with Gasteiger partial charge in [-0.25, -0.2) is 4.98 Å². The third kappa shape index (κ3) is 1.55. The minimum absolute atomic E-state index is 0.420. The Hall–Kier alpha value is -0.410. The van der Waals surface area contributed by atoms with E-state index in [4.69, 9.17) is 5.11 Å². The predicted octanol–water partition coefficient (Wildman–Crippen LogP) is 1.76. The van der Waals surface area contributed by atoms with Gasteiger partial charge in [0.2, 0.25) is 0 Å². The smallest absolute Gasteiger partial charge is 0.0940 e. The van der Waals surface area contributed by atoms with E-state index in [1.807, 2.05) is 5.38 Å². The molecular weight excluding hydrogens is 146 g/mol. The molecular formula is C7H11NOS. The molecule has 1 atom stereocenters. The first-order valence-corrected chi connectivity index (χ1v) is 4.24. The maximum absolute atomic E-state index is 9.08. The molecule has 0 bridgehead atoms. The number of rotatable bonds is 2. The second-order valence-corrected chi connectivity index (χ2v) is 3.14. The van der Waals surface area contributed by atoms with Gasteiger partial charge in [0.25, 0.3) is 0 Å². The number of hydrogen-bond donors (Lipinski definition) is 1. The van der Waals surface area contributed by atoms with Crippen molar-refractivity contribution in [2.75, 3.05) is 0 Å². The van der Waals surface area contributed by atoms with Gasteiger partial charge in [-0.1, -0.05) is 6.92 Å². The molecule has 1 N–H and O–H groups in total. The summed E-state index contributed by atoms with van der Waals surface area (Å²) in [7, 11) is 0. The minimum atomic E-state index is -0.420. The van der Waals surface area contributed by atoms with Crippen LogP contribution in [-0.2, 0) is 6.42 Å². The Bertz CT molecular complexity index is 207. The predicted molar refractivity (Wildman–Crippen MR) is 42.1 cm³/mol. The molecule has 1 rings (SSSR count). The van der Waals surface area contributed by atoms with Crippen LogP contribution in [0.2, 0.25) is 0 Å². The number of aromatic nitrogens is 1. The maximum Gasteiger partial charge on any atom is 0.0940 e. The van der Waals surface area contributed by atoms with Gasteiger partial charge in [0.15, 0.2) is 0 Å². The van der Waals surface area contributed by atoms with Gasteiger partial charge in [-0.05, 0) is 13.3 Å². The molecule has 0 aromatic carbocycles. The van der Waals surface area contributed by atoms with Crippen molar-refractivity contribution < 1.29 is 5.11 Å². The highest BCUT2D eigenvalue weighted by Gasteiger charge is 2.04. The first-order valence-electron chi connectivity index (χ1n) is 3.36. The largest absolute Gasteiger partial charge is 0.387 e. The highest BCUT2D eigenvalue weighted by molar-refractivity contribution is 7.09. The van der Waals surface area contributed by atoms with Gasteiger partial charge in [0.05, 0.1) is 16.8 Å². The van der Waals surface area contributed by atoms with Crippen LogP contribution in [0.1, 0.15) is 30.7 Å². The van der Waals surface area contributed by atoms with Crippen molar-refractivity contribution in [1.29, 1.82) is 0 Å². The van der Waals surface area contributed by atoms with E-state index in [9.17, 15) is 0 Å². The van der Waals surface area contributed by atoms with Crippen molar-refractivity contribution in [3.05, 3.63) is 16.1 Å². The molecule has 10 heavy (non-hydrogen) atoms. The van der Waals surface area contributed by atoms with Gasteiger partial charge in [-0.3, -0.25) is 0 Å². The van der Waals surface area contributed by atoms with Crippen molar-refractivity contribution in [2.24, 2.45) is 0 Å². The van der Waals surface area contributed by atoms with E-state index in [0.29, 0.717) is 0 Å². The van der Waals surface area contributed by atoms with Gasteiger partial charge >= 0.3 is 0 Å². The van der Waals surface area contributed by atoms with Gasteiger partial charge in [0, 0.05) is 5.38 Å². The fraction of sp³-hybridized carbons (Fsp3) is 0.571. The molecule has 1 aromatic heterocycles. The summed E-state index contributed by atoms with van der Waals surface area (Å²) in [5, 5.41) is 12.1. The molecule has 0 spiro atoms. The third-order valence-corrected chi connectivity index (χ3v) is 2.31. The zero-order valence-electron chi connectivity index (χ0n) is 6.16. The van der Waals surface area contributed by atoms with E-state index in [1.165, 1.54) is 0 Å². The molecule has 0 fully saturated rings. The molecule has 0 saturated heterocycles. The Morgan fingerprint density at radius 3 is 2.80 bits per heavy atom. The van der Waals surface area contributed by atoms with Crippen molar-refractivity contribution in [3.63, 3.8) is 0 Å². The Morgan fingerprint density at radius 1 is 1.80 bits per heavy atom. The molecule has 0 saturated carbocycles. The van der Waals surface area contributed by atoms with Crippen molar-refractivity contribution in [3.8, 4) is 0 Å². The van der Waals surface area contributed by atoms with Crippen molar-refractivity contribution >= 4 is 11.3 Å². The van der Waals surface area contributed by atoms with Gasteiger partial charge in [-0.15, -0.1) is 11.3 Å². The summed E-state index contributed by atoms with van der Waals surface area (Å²) in [5.74, 6) is 0. The Labute approximate surface area is 64.5 Å². The normalized spacial score (nSPS) is 13.5. The zero-order chi connectivity index (χ0) is 7.56. The van der Waals surface area contributed by atoms with Crippen molar-refractivity contribution in [2.45, 2.75) is 26.4 Å². The Kier molecular flexibility index (Phi) is 2.40. The topological polar surface area (TPSA) is 33.1 Å². The van der Waals surface area contributed by atoms with Crippen LogP contribution in [0.5, 0.6) is 0 Å². The lowest BCUT2D eigenvalue weighted by molar-refractivity contribution is 0.195. The van der Waals surface area contributed by atoms with Crippen LogP contribution in [-0.4, -0.2) is 10.1 Å². The van der Waals surface area contributed by atoms with Crippen LogP contribution < -0.4 is 0 Å². The van der Waals surface area contributed by atoms with Crippen LogP contribution in [0.4, 0.5) is 0 Å². The molecule has 0 amide bonds. The molecule has 1 heterocycles.